The van der Waals surface area contributed by atoms with Crippen molar-refractivity contribution >= 4 is 12.0 Å². The van der Waals surface area contributed by atoms with Gasteiger partial charge in [-0.05, 0) is 33.6 Å². The Labute approximate surface area is 95.1 Å². The maximum absolute atomic E-state index is 11.8. The SMILES string of the molecule is CC(C)(C)OC(=O)N1CC(=O)NC2(CC2)C1. The van der Waals surface area contributed by atoms with E-state index in [1.807, 2.05) is 20.8 Å². The maximum Gasteiger partial charge on any atom is 0.410 e. The van der Waals surface area contributed by atoms with Crippen LogP contribution in [0.1, 0.15) is 33.6 Å². The van der Waals surface area contributed by atoms with Gasteiger partial charge in [-0.15, -0.1) is 0 Å². The zero-order valence-electron chi connectivity index (χ0n) is 10.0. The molecule has 0 aromatic carbocycles. The molecule has 1 aliphatic carbocycles. The van der Waals surface area contributed by atoms with E-state index in [2.05, 4.69) is 5.32 Å². The maximum atomic E-state index is 11.8. The Balaban J connectivity index is 1.98. The van der Waals surface area contributed by atoms with Crippen molar-refractivity contribution in [1.82, 2.24) is 10.2 Å². The Morgan fingerprint density at radius 2 is 2.06 bits per heavy atom. The molecule has 1 heterocycles. The first-order chi connectivity index (χ1) is 7.30. The summed E-state index contributed by atoms with van der Waals surface area (Å²) < 4.78 is 5.25. The predicted octanol–water partition coefficient (Wildman–Crippen LogP) is 0.886. The molecule has 0 atom stereocenters. The third-order valence-corrected chi connectivity index (χ3v) is 2.74. The van der Waals surface area contributed by atoms with E-state index in [4.69, 9.17) is 4.74 Å². The lowest BCUT2D eigenvalue weighted by Crippen LogP contribution is -2.58. The second-order valence-corrected chi connectivity index (χ2v) is 5.66. The summed E-state index contributed by atoms with van der Waals surface area (Å²) in [6, 6.07) is 0. The van der Waals surface area contributed by atoms with E-state index >= 15 is 0 Å². The van der Waals surface area contributed by atoms with Gasteiger partial charge >= 0.3 is 6.09 Å². The number of hydrogen-bond acceptors (Lipinski definition) is 3. The number of carbonyl (C=O) groups is 2. The van der Waals surface area contributed by atoms with Crippen molar-refractivity contribution in [3.8, 4) is 0 Å². The highest BCUT2D eigenvalue weighted by Crippen LogP contribution is 2.38. The summed E-state index contributed by atoms with van der Waals surface area (Å²) in [5.41, 5.74) is -0.659. The van der Waals surface area contributed by atoms with E-state index in [1.54, 1.807) is 0 Å². The van der Waals surface area contributed by atoms with E-state index in [1.165, 1.54) is 4.90 Å². The molecule has 1 spiro atoms. The van der Waals surface area contributed by atoms with Gasteiger partial charge in [-0.25, -0.2) is 4.79 Å². The van der Waals surface area contributed by atoms with Gasteiger partial charge in [-0.2, -0.15) is 0 Å². The van der Waals surface area contributed by atoms with E-state index in [0.717, 1.165) is 12.8 Å². The number of nitrogens with zero attached hydrogens (tertiary/aromatic N) is 1. The smallest absolute Gasteiger partial charge is 0.410 e. The number of nitrogens with one attached hydrogen (secondary N) is 1. The number of piperazine rings is 1. The molecule has 2 fully saturated rings. The molecule has 5 heteroatoms. The van der Waals surface area contributed by atoms with Gasteiger partial charge in [-0.1, -0.05) is 0 Å². The van der Waals surface area contributed by atoms with Gasteiger partial charge in [0, 0.05) is 6.54 Å². The molecule has 2 amide bonds. The fourth-order valence-corrected chi connectivity index (χ4v) is 1.86. The summed E-state index contributed by atoms with van der Waals surface area (Å²) in [4.78, 5) is 24.7. The fraction of sp³-hybridized carbons (Fsp3) is 0.818. The topological polar surface area (TPSA) is 58.6 Å². The van der Waals surface area contributed by atoms with Gasteiger partial charge in [0.1, 0.15) is 12.1 Å². The third-order valence-electron chi connectivity index (χ3n) is 2.74. The molecule has 16 heavy (non-hydrogen) atoms. The van der Waals surface area contributed by atoms with Crippen LogP contribution < -0.4 is 5.32 Å². The Bertz CT molecular complexity index is 329. The number of ether oxygens (including phenoxy) is 1. The van der Waals surface area contributed by atoms with Crippen LogP contribution in [0.15, 0.2) is 0 Å². The molecule has 2 rings (SSSR count). The van der Waals surface area contributed by atoms with Gasteiger partial charge in [0.05, 0.1) is 5.54 Å². The minimum atomic E-state index is -0.512. The van der Waals surface area contributed by atoms with E-state index in [-0.39, 0.29) is 18.0 Å². The summed E-state index contributed by atoms with van der Waals surface area (Å²) in [7, 11) is 0. The first-order valence-electron chi connectivity index (χ1n) is 5.59. The van der Waals surface area contributed by atoms with Crippen molar-refractivity contribution < 1.29 is 14.3 Å². The second kappa shape index (κ2) is 3.37. The van der Waals surface area contributed by atoms with Crippen molar-refractivity contribution in [2.75, 3.05) is 13.1 Å². The lowest BCUT2D eigenvalue weighted by atomic mass is 10.2. The molecule has 0 radical (unpaired) electrons. The Hall–Kier alpha value is -1.26. The normalized spacial score (nSPS) is 22.9. The molecule has 1 N–H and O–H groups in total. The highest BCUT2D eigenvalue weighted by atomic mass is 16.6. The Morgan fingerprint density at radius 3 is 2.56 bits per heavy atom. The molecular weight excluding hydrogens is 208 g/mol. The van der Waals surface area contributed by atoms with Crippen LogP contribution >= 0.6 is 0 Å². The minimum Gasteiger partial charge on any atom is -0.444 e. The number of hydrogen-bond donors (Lipinski definition) is 1. The molecule has 0 aromatic heterocycles. The van der Waals surface area contributed by atoms with Gasteiger partial charge < -0.3 is 10.1 Å². The molecule has 2 aliphatic rings. The average Bonchev–Trinajstić information content (AvgIpc) is 2.80. The third kappa shape index (κ3) is 2.46. The van der Waals surface area contributed by atoms with Crippen LogP contribution in [0.3, 0.4) is 0 Å². The number of carbonyl (C=O) groups excluding carboxylic acids is 2. The quantitative estimate of drug-likeness (QED) is 0.667. The molecule has 0 bridgehead atoms. The zero-order chi connectivity index (χ0) is 12.0. The Morgan fingerprint density at radius 1 is 1.44 bits per heavy atom. The molecule has 90 valence electrons. The standard InChI is InChI=1S/C11H18N2O3/c1-10(2,3)16-9(15)13-6-8(14)12-11(7-13)4-5-11/h4-7H2,1-3H3,(H,12,14). The highest BCUT2D eigenvalue weighted by Gasteiger charge is 2.49. The average molecular weight is 226 g/mol. The van der Waals surface area contributed by atoms with Gasteiger partial charge in [0.25, 0.3) is 0 Å². The summed E-state index contributed by atoms with van der Waals surface area (Å²) in [5.74, 6) is -0.0883. The van der Waals surface area contributed by atoms with Gasteiger partial charge in [0.15, 0.2) is 0 Å². The molecule has 5 nitrogen and oxygen atoms in total. The zero-order valence-corrected chi connectivity index (χ0v) is 10.0. The van der Waals surface area contributed by atoms with Crippen LogP contribution in [0, 0.1) is 0 Å². The van der Waals surface area contributed by atoms with Gasteiger partial charge in [0.2, 0.25) is 5.91 Å². The fourth-order valence-electron chi connectivity index (χ4n) is 1.86. The molecular formula is C11H18N2O3. The summed E-state index contributed by atoms with van der Waals surface area (Å²) >= 11 is 0. The van der Waals surface area contributed by atoms with Crippen LogP contribution in [0.25, 0.3) is 0 Å². The summed E-state index contributed by atoms with van der Waals surface area (Å²) in [5, 5.41) is 2.93. The monoisotopic (exact) mass is 226 g/mol. The van der Waals surface area contributed by atoms with Crippen LogP contribution in [0.2, 0.25) is 0 Å². The van der Waals surface area contributed by atoms with E-state index in [0.29, 0.717) is 6.54 Å². The van der Waals surface area contributed by atoms with Crippen molar-refractivity contribution in [3.63, 3.8) is 0 Å². The van der Waals surface area contributed by atoms with Crippen molar-refractivity contribution in [2.24, 2.45) is 0 Å². The minimum absolute atomic E-state index is 0.0883. The summed E-state index contributed by atoms with van der Waals surface area (Å²) in [6.07, 6.45) is 1.52. The predicted molar refractivity (Wildman–Crippen MR) is 57.9 cm³/mol. The Kier molecular flexibility index (Phi) is 2.36. The van der Waals surface area contributed by atoms with Crippen LogP contribution in [-0.2, 0) is 9.53 Å². The molecule has 1 saturated carbocycles. The molecule has 1 saturated heterocycles. The second-order valence-electron chi connectivity index (χ2n) is 5.66. The van der Waals surface area contributed by atoms with Crippen LogP contribution in [0.5, 0.6) is 0 Å². The van der Waals surface area contributed by atoms with E-state index in [9.17, 15) is 9.59 Å². The highest BCUT2D eigenvalue weighted by molar-refractivity contribution is 5.85. The van der Waals surface area contributed by atoms with Crippen LogP contribution in [-0.4, -0.2) is 41.1 Å². The molecule has 0 unspecified atom stereocenters. The largest absolute Gasteiger partial charge is 0.444 e. The van der Waals surface area contributed by atoms with Crippen molar-refractivity contribution in [3.05, 3.63) is 0 Å². The molecule has 0 aromatic rings. The lowest BCUT2D eigenvalue weighted by molar-refractivity contribution is -0.126. The first kappa shape index (κ1) is 11.2. The number of rotatable bonds is 0. The van der Waals surface area contributed by atoms with Gasteiger partial charge in [-0.3, -0.25) is 9.69 Å². The number of amides is 2. The molecule has 1 aliphatic heterocycles. The van der Waals surface area contributed by atoms with Crippen LogP contribution in [0.4, 0.5) is 4.79 Å². The van der Waals surface area contributed by atoms with Crippen molar-refractivity contribution in [1.29, 1.82) is 0 Å². The van der Waals surface area contributed by atoms with E-state index < -0.39 is 11.7 Å². The van der Waals surface area contributed by atoms with Crippen molar-refractivity contribution in [2.45, 2.75) is 44.8 Å². The summed E-state index contributed by atoms with van der Waals surface area (Å²) in [6.45, 7) is 6.15. The first-order valence-corrected chi connectivity index (χ1v) is 5.59. The lowest BCUT2D eigenvalue weighted by Gasteiger charge is -2.34.